The van der Waals surface area contributed by atoms with Crippen molar-refractivity contribution in [1.29, 1.82) is 0 Å². The van der Waals surface area contributed by atoms with Crippen LogP contribution in [0.3, 0.4) is 0 Å². The highest BCUT2D eigenvalue weighted by Crippen LogP contribution is 2.28. The minimum Gasteiger partial charge on any atom is -0.465 e. The van der Waals surface area contributed by atoms with Crippen molar-refractivity contribution < 1.29 is 14.3 Å². The average molecular weight is 290 g/mol. The summed E-state index contributed by atoms with van der Waals surface area (Å²) in [6, 6.07) is 3.32. The van der Waals surface area contributed by atoms with E-state index in [1.165, 1.54) is 18.4 Å². The highest BCUT2D eigenvalue weighted by molar-refractivity contribution is 7.12. The lowest BCUT2D eigenvalue weighted by Crippen LogP contribution is -2.15. The third kappa shape index (κ3) is 2.85. The Hall–Kier alpha value is -2.21. The fourth-order valence-electron chi connectivity index (χ4n) is 1.71. The number of pyridine rings is 1. The van der Waals surface area contributed by atoms with Crippen LogP contribution in [0.25, 0.3) is 0 Å². The molecule has 0 spiro atoms. The Morgan fingerprint density at radius 3 is 2.75 bits per heavy atom. The van der Waals surface area contributed by atoms with Gasteiger partial charge in [0.25, 0.3) is 5.91 Å². The standard InChI is InChI=1S/C14H14N2O3S/c1-8-7-20-12(14(18)19-3)11(8)16-13(17)10-4-5-15-9(2)6-10/h4-7H,1-3H3,(H,16,17). The van der Waals surface area contributed by atoms with E-state index in [1.807, 2.05) is 13.8 Å². The molecule has 0 bridgehead atoms. The summed E-state index contributed by atoms with van der Waals surface area (Å²) < 4.78 is 4.71. The Balaban J connectivity index is 2.28. The highest BCUT2D eigenvalue weighted by Gasteiger charge is 2.19. The van der Waals surface area contributed by atoms with E-state index in [0.717, 1.165) is 11.3 Å². The topological polar surface area (TPSA) is 68.3 Å². The summed E-state index contributed by atoms with van der Waals surface area (Å²) >= 11 is 1.25. The van der Waals surface area contributed by atoms with Crippen LogP contribution >= 0.6 is 11.3 Å². The number of aryl methyl sites for hydroxylation is 2. The maximum absolute atomic E-state index is 12.2. The number of esters is 1. The number of anilines is 1. The van der Waals surface area contributed by atoms with Gasteiger partial charge in [0.1, 0.15) is 4.88 Å². The van der Waals surface area contributed by atoms with Crippen molar-refractivity contribution in [3.8, 4) is 0 Å². The lowest BCUT2D eigenvalue weighted by molar-refractivity contribution is 0.0607. The summed E-state index contributed by atoms with van der Waals surface area (Å²) in [4.78, 5) is 28.3. The van der Waals surface area contributed by atoms with Crippen molar-refractivity contribution in [1.82, 2.24) is 4.98 Å². The van der Waals surface area contributed by atoms with Gasteiger partial charge < -0.3 is 10.1 Å². The molecule has 0 aliphatic heterocycles. The van der Waals surface area contributed by atoms with E-state index in [2.05, 4.69) is 10.3 Å². The number of carbonyl (C=O) groups is 2. The van der Waals surface area contributed by atoms with Gasteiger partial charge in [-0.3, -0.25) is 9.78 Å². The average Bonchev–Trinajstić information content (AvgIpc) is 2.79. The van der Waals surface area contributed by atoms with Gasteiger partial charge in [0.05, 0.1) is 12.8 Å². The van der Waals surface area contributed by atoms with Crippen molar-refractivity contribution in [3.63, 3.8) is 0 Å². The van der Waals surface area contributed by atoms with Crippen molar-refractivity contribution in [2.24, 2.45) is 0 Å². The number of aromatic nitrogens is 1. The lowest BCUT2D eigenvalue weighted by atomic mass is 10.2. The molecule has 0 fully saturated rings. The van der Waals surface area contributed by atoms with Crippen LogP contribution in [0, 0.1) is 13.8 Å². The fraction of sp³-hybridized carbons (Fsp3) is 0.214. The van der Waals surface area contributed by atoms with E-state index in [1.54, 1.807) is 23.7 Å². The van der Waals surface area contributed by atoms with Gasteiger partial charge in [-0.1, -0.05) is 0 Å². The molecule has 6 heteroatoms. The molecule has 104 valence electrons. The van der Waals surface area contributed by atoms with Gasteiger partial charge in [-0.25, -0.2) is 4.79 Å². The Kier molecular flexibility index (Phi) is 4.14. The molecule has 2 heterocycles. The molecule has 0 aliphatic carbocycles. The first-order chi connectivity index (χ1) is 9.52. The van der Waals surface area contributed by atoms with Gasteiger partial charge >= 0.3 is 5.97 Å². The van der Waals surface area contributed by atoms with Crippen molar-refractivity contribution in [2.75, 3.05) is 12.4 Å². The summed E-state index contributed by atoms with van der Waals surface area (Å²) in [7, 11) is 1.31. The first-order valence-electron chi connectivity index (χ1n) is 5.93. The smallest absolute Gasteiger partial charge is 0.350 e. The lowest BCUT2D eigenvalue weighted by Gasteiger charge is -2.07. The first kappa shape index (κ1) is 14.2. The zero-order valence-electron chi connectivity index (χ0n) is 11.4. The molecule has 0 radical (unpaired) electrons. The number of nitrogens with zero attached hydrogens (tertiary/aromatic N) is 1. The van der Waals surface area contributed by atoms with Gasteiger partial charge in [-0.15, -0.1) is 11.3 Å². The monoisotopic (exact) mass is 290 g/mol. The first-order valence-corrected chi connectivity index (χ1v) is 6.81. The number of hydrogen-bond donors (Lipinski definition) is 1. The molecule has 2 aromatic heterocycles. The molecule has 0 saturated carbocycles. The summed E-state index contributed by atoms with van der Waals surface area (Å²) in [5.74, 6) is -0.730. The number of rotatable bonds is 3. The molecule has 0 saturated heterocycles. The summed E-state index contributed by atoms with van der Waals surface area (Å²) in [6.45, 7) is 3.64. The second-order valence-electron chi connectivity index (χ2n) is 4.25. The van der Waals surface area contributed by atoms with Crippen LogP contribution < -0.4 is 5.32 Å². The molecule has 0 aliphatic rings. The van der Waals surface area contributed by atoms with Crippen LogP contribution in [-0.4, -0.2) is 24.0 Å². The maximum Gasteiger partial charge on any atom is 0.350 e. The summed E-state index contributed by atoms with van der Waals surface area (Å²) in [5, 5.41) is 4.57. The molecule has 1 N–H and O–H groups in total. The molecule has 0 atom stereocenters. The van der Waals surface area contributed by atoms with Crippen LogP contribution in [0.1, 0.15) is 31.3 Å². The van der Waals surface area contributed by atoms with E-state index in [-0.39, 0.29) is 5.91 Å². The summed E-state index contributed by atoms with van der Waals surface area (Å²) in [6.07, 6.45) is 1.58. The van der Waals surface area contributed by atoms with Crippen LogP contribution in [-0.2, 0) is 4.74 Å². The zero-order chi connectivity index (χ0) is 14.7. The number of nitrogens with one attached hydrogen (secondary N) is 1. The van der Waals surface area contributed by atoms with Gasteiger partial charge in [0, 0.05) is 17.5 Å². The Bertz CT molecular complexity index is 664. The number of thiophene rings is 1. The second kappa shape index (κ2) is 5.83. The summed E-state index contributed by atoms with van der Waals surface area (Å²) in [5.41, 5.74) is 2.59. The number of ether oxygens (including phenoxy) is 1. The number of amides is 1. The van der Waals surface area contributed by atoms with E-state index in [0.29, 0.717) is 16.1 Å². The third-order valence-corrected chi connectivity index (χ3v) is 3.82. The number of hydrogen-bond acceptors (Lipinski definition) is 5. The van der Waals surface area contributed by atoms with Crippen LogP contribution in [0.4, 0.5) is 5.69 Å². The van der Waals surface area contributed by atoms with E-state index in [9.17, 15) is 9.59 Å². The Morgan fingerprint density at radius 1 is 1.35 bits per heavy atom. The Morgan fingerprint density at radius 2 is 2.10 bits per heavy atom. The molecular weight excluding hydrogens is 276 g/mol. The zero-order valence-corrected chi connectivity index (χ0v) is 12.2. The SMILES string of the molecule is COC(=O)c1scc(C)c1NC(=O)c1ccnc(C)c1. The molecule has 0 aromatic carbocycles. The van der Waals surface area contributed by atoms with Gasteiger partial charge in [-0.05, 0) is 36.9 Å². The molecule has 20 heavy (non-hydrogen) atoms. The van der Waals surface area contributed by atoms with Crippen LogP contribution in [0.5, 0.6) is 0 Å². The molecule has 1 amide bonds. The predicted molar refractivity (Wildman–Crippen MR) is 77.3 cm³/mol. The van der Waals surface area contributed by atoms with E-state index < -0.39 is 5.97 Å². The van der Waals surface area contributed by atoms with E-state index >= 15 is 0 Å². The van der Waals surface area contributed by atoms with Crippen molar-refractivity contribution in [2.45, 2.75) is 13.8 Å². The molecule has 0 unspecified atom stereocenters. The minimum absolute atomic E-state index is 0.276. The van der Waals surface area contributed by atoms with Crippen molar-refractivity contribution >= 4 is 28.9 Å². The third-order valence-electron chi connectivity index (χ3n) is 2.74. The highest BCUT2D eigenvalue weighted by atomic mass is 32.1. The quantitative estimate of drug-likeness (QED) is 0.883. The van der Waals surface area contributed by atoms with Crippen molar-refractivity contribution in [3.05, 3.63) is 45.4 Å². The molecule has 2 rings (SSSR count). The maximum atomic E-state index is 12.2. The Labute approximate surface area is 120 Å². The predicted octanol–water partition coefficient (Wildman–Crippen LogP) is 2.80. The van der Waals surface area contributed by atoms with Gasteiger partial charge in [0.15, 0.2) is 0 Å². The largest absolute Gasteiger partial charge is 0.465 e. The van der Waals surface area contributed by atoms with Crippen LogP contribution in [0.15, 0.2) is 23.7 Å². The van der Waals surface area contributed by atoms with E-state index in [4.69, 9.17) is 4.74 Å². The van der Waals surface area contributed by atoms with Crippen LogP contribution in [0.2, 0.25) is 0 Å². The minimum atomic E-state index is -0.454. The normalized spacial score (nSPS) is 10.2. The fourth-order valence-corrected chi connectivity index (χ4v) is 2.64. The second-order valence-corrected chi connectivity index (χ2v) is 5.13. The van der Waals surface area contributed by atoms with Gasteiger partial charge in [-0.2, -0.15) is 0 Å². The number of methoxy groups -OCH3 is 1. The number of carbonyl (C=O) groups excluding carboxylic acids is 2. The molecule has 2 aromatic rings. The van der Waals surface area contributed by atoms with Gasteiger partial charge in [0.2, 0.25) is 0 Å². The molecule has 5 nitrogen and oxygen atoms in total. The molecular formula is C14H14N2O3S.